The number of aliphatic hydroxyl groups is 1. The fourth-order valence-electron chi connectivity index (χ4n) is 3.38. The Kier molecular flexibility index (Phi) is 5.41. The summed E-state index contributed by atoms with van der Waals surface area (Å²) < 4.78 is 5.57. The van der Waals surface area contributed by atoms with Gasteiger partial charge in [0.15, 0.2) is 0 Å². The summed E-state index contributed by atoms with van der Waals surface area (Å²) in [5, 5.41) is 10.7. The van der Waals surface area contributed by atoms with Crippen LogP contribution in [-0.2, 0) is 4.74 Å². The molecule has 2 heteroatoms. The summed E-state index contributed by atoms with van der Waals surface area (Å²) in [7, 11) is 1.70. The van der Waals surface area contributed by atoms with Crippen LogP contribution < -0.4 is 0 Å². The largest absolute Gasteiger partial charge is 0.390 e. The third-order valence-electron chi connectivity index (χ3n) is 4.58. The van der Waals surface area contributed by atoms with Gasteiger partial charge in [-0.15, -0.1) is 0 Å². The predicted molar refractivity (Wildman–Crippen MR) is 77.9 cm³/mol. The summed E-state index contributed by atoms with van der Waals surface area (Å²) in [5.74, 6) is 1.16. The van der Waals surface area contributed by atoms with Crippen LogP contribution in [0.25, 0.3) is 0 Å². The molecular formula is C17H26O2. The maximum Gasteiger partial charge on any atom is 0.108 e. The average molecular weight is 262 g/mol. The lowest BCUT2D eigenvalue weighted by atomic mass is 9.76. The second-order valence-corrected chi connectivity index (χ2v) is 5.76. The molecule has 0 amide bonds. The van der Waals surface area contributed by atoms with Crippen LogP contribution in [0.3, 0.4) is 0 Å². The molecule has 0 radical (unpaired) electrons. The number of rotatable bonds is 5. The fourth-order valence-corrected chi connectivity index (χ4v) is 3.38. The number of methoxy groups -OCH3 is 1. The van der Waals surface area contributed by atoms with E-state index in [0.29, 0.717) is 5.92 Å². The zero-order valence-electron chi connectivity index (χ0n) is 12.1. The summed E-state index contributed by atoms with van der Waals surface area (Å²) in [4.78, 5) is 0. The molecular weight excluding hydrogens is 236 g/mol. The highest BCUT2D eigenvalue weighted by Gasteiger charge is 2.32. The average Bonchev–Trinajstić information content (AvgIpc) is 2.49. The Bertz CT molecular complexity index is 363. The molecule has 19 heavy (non-hydrogen) atoms. The molecule has 2 nitrogen and oxygen atoms in total. The molecule has 1 aliphatic carbocycles. The van der Waals surface area contributed by atoms with Crippen molar-refractivity contribution in [3.63, 3.8) is 0 Å². The molecule has 1 aromatic rings. The summed E-state index contributed by atoms with van der Waals surface area (Å²) in [5.41, 5.74) is 1.08. The molecule has 1 aromatic carbocycles. The molecule has 1 aliphatic rings. The van der Waals surface area contributed by atoms with Crippen molar-refractivity contribution < 1.29 is 9.84 Å². The predicted octanol–water partition coefficient (Wildman–Crippen LogP) is 3.95. The molecule has 0 bridgehead atoms. The summed E-state index contributed by atoms with van der Waals surface area (Å²) in [6.07, 6.45) is 5.48. The van der Waals surface area contributed by atoms with Gasteiger partial charge in [0.25, 0.3) is 0 Å². The van der Waals surface area contributed by atoms with Crippen LogP contribution in [-0.4, -0.2) is 18.3 Å². The molecule has 1 saturated carbocycles. The van der Waals surface area contributed by atoms with Crippen LogP contribution in [0, 0.1) is 11.8 Å². The van der Waals surface area contributed by atoms with Gasteiger partial charge in [-0.3, -0.25) is 0 Å². The fraction of sp³-hybridized carbons (Fsp3) is 0.647. The van der Waals surface area contributed by atoms with Gasteiger partial charge in [0, 0.05) is 7.11 Å². The van der Waals surface area contributed by atoms with Crippen molar-refractivity contribution in [2.75, 3.05) is 7.11 Å². The smallest absolute Gasteiger partial charge is 0.108 e. The molecule has 0 aromatic heterocycles. The first-order valence-electron chi connectivity index (χ1n) is 7.52. The van der Waals surface area contributed by atoms with Gasteiger partial charge >= 0.3 is 0 Å². The van der Waals surface area contributed by atoms with E-state index in [1.165, 1.54) is 19.3 Å². The third kappa shape index (κ3) is 3.58. The van der Waals surface area contributed by atoms with Crippen molar-refractivity contribution in [2.45, 2.75) is 51.2 Å². The highest BCUT2D eigenvalue weighted by Crippen LogP contribution is 2.37. The minimum absolute atomic E-state index is 0.193. The van der Waals surface area contributed by atoms with E-state index < -0.39 is 0 Å². The summed E-state index contributed by atoms with van der Waals surface area (Å²) >= 11 is 0. The van der Waals surface area contributed by atoms with Gasteiger partial charge in [-0.25, -0.2) is 0 Å². The van der Waals surface area contributed by atoms with Gasteiger partial charge in [0.1, 0.15) is 6.10 Å². The highest BCUT2D eigenvalue weighted by atomic mass is 16.5. The van der Waals surface area contributed by atoms with Crippen LogP contribution in [0.15, 0.2) is 30.3 Å². The number of aliphatic hydroxyl groups excluding tert-OH is 1. The number of hydrogen-bond acceptors (Lipinski definition) is 2. The number of ether oxygens (including phenoxy) is 1. The minimum Gasteiger partial charge on any atom is -0.390 e. The van der Waals surface area contributed by atoms with Gasteiger partial charge < -0.3 is 9.84 Å². The molecule has 2 rings (SSSR count). The normalized spacial score (nSPS) is 26.9. The maximum absolute atomic E-state index is 10.7. The second kappa shape index (κ2) is 7.06. The van der Waals surface area contributed by atoms with E-state index in [9.17, 15) is 5.11 Å². The third-order valence-corrected chi connectivity index (χ3v) is 4.58. The second-order valence-electron chi connectivity index (χ2n) is 5.76. The summed E-state index contributed by atoms with van der Waals surface area (Å²) in [6, 6.07) is 10.1. The van der Waals surface area contributed by atoms with Crippen molar-refractivity contribution >= 4 is 0 Å². The Hall–Kier alpha value is -0.860. The van der Waals surface area contributed by atoms with E-state index in [0.717, 1.165) is 24.3 Å². The first kappa shape index (κ1) is 14.5. The highest BCUT2D eigenvalue weighted by molar-refractivity contribution is 5.19. The first-order chi connectivity index (χ1) is 9.26. The number of hydrogen-bond donors (Lipinski definition) is 1. The standard InChI is InChI=1S/C17H26O2/c1-3-13-8-7-11-15(12-13)16(18)17(19-2)14-9-5-4-6-10-14/h4-6,9-10,13,15-18H,3,7-8,11-12H2,1-2H3. The Balaban J connectivity index is 2.06. The van der Waals surface area contributed by atoms with Gasteiger partial charge in [-0.1, -0.05) is 56.5 Å². The molecule has 4 atom stereocenters. The molecule has 106 valence electrons. The zero-order valence-corrected chi connectivity index (χ0v) is 12.1. The molecule has 0 spiro atoms. The van der Waals surface area contributed by atoms with Crippen molar-refractivity contribution in [1.29, 1.82) is 0 Å². The SMILES string of the molecule is CCC1CCCC(C(O)C(OC)c2ccccc2)C1. The van der Waals surface area contributed by atoms with Crippen LogP contribution in [0.2, 0.25) is 0 Å². The van der Waals surface area contributed by atoms with Crippen LogP contribution >= 0.6 is 0 Å². The lowest BCUT2D eigenvalue weighted by molar-refractivity contribution is -0.0562. The zero-order chi connectivity index (χ0) is 13.7. The lowest BCUT2D eigenvalue weighted by Crippen LogP contribution is -2.32. The lowest BCUT2D eigenvalue weighted by Gasteiger charge is -2.35. The van der Waals surface area contributed by atoms with Gasteiger partial charge in [0.05, 0.1) is 6.10 Å². The van der Waals surface area contributed by atoms with E-state index in [4.69, 9.17) is 4.74 Å². The molecule has 1 N–H and O–H groups in total. The van der Waals surface area contributed by atoms with E-state index in [1.54, 1.807) is 7.11 Å². The van der Waals surface area contributed by atoms with E-state index in [2.05, 4.69) is 6.92 Å². The molecule has 0 heterocycles. The van der Waals surface area contributed by atoms with Gasteiger partial charge in [0.2, 0.25) is 0 Å². The monoisotopic (exact) mass is 262 g/mol. The molecule has 1 fully saturated rings. The van der Waals surface area contributed by atoms with Crippen molar-refractivity contribution in [2.24, 2.45) is 11.8 Å². The Morgan fingerprint density at radius 1 is 1.26 bits per heavy atom. The van der Waals surface area contributed by atoms with Crippen LogP contribution in [0.4, 0.5) is 0 Å². The number of benzene rings is 1. The van der Waals surface area contributed by atoms with E-state index >= 15 is 0 Å². The van der Waals surface area contributed by atoms with Crippen molar-refractivity contribution in [1.82, 2.24) is 0 Å². The van der Waals surface area contributed by atoms with Crippen LogP contribution in [0.1, 0.15) is 50.7 Å². The van der Waals surface area contributed by atoms with Crippen LogP contribution in [0.5, 0.6) is 0 Å². The van der Waals surface area contributed by atoms with Gasteiger partial charge in [-0.05, 0) is 30.2 Å². The Labute approximate surface area is 116 Å². The van der Waals surface area contributed by atoms with Crippen molar-refractivity contribution in [3.8, 4) is 0 Å². The quantitative estimate of drug-likeness (QED) is 0.870. The topological polar surface area (TPSA) is 29.5 Å². The Morgan fingerprint density at radius 2 is 2.00 bits per heavy atom. The van der Waals surface area contributed by atoms with E-state index in [1.807, 2.05) is 30.3 Å². The first-order valence-corrected chi connectivity index (χ1v) is 7.52. The molecule has 0 aliphatic heterocycles. The molecule has 4 unspecified atom stereocenters. The summed E-state index contributed by atoms with van der Waals surface area (Å²) in [6.45, 7) is 2.25. The Morgan fingerprint density at radius 3 is 2.63 bits per heavy atom. The minimum atomic E-state index is -0.387. The van der Waals surface area contributed by atoms with Gasteiger partial charge in [-0.2, -0.15) is 0 Å². The van der Waals surface area contributed by atoms with E-state index in [-0.39, 0.29) is 12.2 Å². The van der Waals surface area contributed by atoms with Crippen molar-refractivity contribution in [3.05, 3.63) is 35.9 Å². The maximum atomic E-state index is 10.7. The molecule has 0 saturated heterocycles.